The predicted octanol–water partition coefficient (Wildman–Crippen LogP) is 3.78. The molecule has 0 aliphatic carbocycles. The number of nitrogens with two attached hydrogens (primary N) is 1. The molecule has 0 aliphatic heterocycles. The fourth-order valence-corrected chi connectivity index (χ4v) is 2.87. The van der Waals surface area contributed by atoms with Gasteiger partial charge in [0.05, 0.1) is 0 Å². The van der Waals surface area contributed by atoms with Crippen molar-refractivity contribution in [1.29, 1.82) is 0 Å². The van der Waals surface area contributed by atoms with E-state index in [0.717, 1.165) is 25.6 Å². The molecule has 0 aliphatic rings. The normalized spacial score (nSPS) is 10.6. The Hall–Kier alpha value is -2.38. The van der Waals surface area contributed by atoms with Crippen LogP contribution in [-0.2, 0) is 11.2 Å². The molecule has 2 rings (SSSR count). The number of aromatic amines is 2. The van der Waals surface area contributed by atoms with Gasteiger partial charge in [0.15, 0.2) is 11.2 Å². The molecule has 2 heterocycles. The maximum Gasteiger partial charge on any atom is 0.300 e. The highest BCUT2D eigenvalue weighted by molar-refractivity contribution is 5.70. The number of hydrogen-bond acceptors (Lipinski definition) is 5. The molecule has 2 aromatic heterocycles. The van der Waals surface area contributed by atoms with Crippen molar-refractivity contribution in [1.82, 2.24) is 19.9 Å². The summed E-state index contributed by atoms with van der Waals surface area (Å²) < 4.78 is 0. The number of carbonyl (C=O) groups is 1. The van der Waals surface area contributed by atoms with Crippen LogP contribution in [0.1, 0.15) is 83.9 Å². The first-order valence-corrected chi connectivity index (χ1v) is 9.88. The van der Waals surface area contributed by atoms with Crippen LogP contribution in [0.2, 0.25) is 0 Å². The monoisotopic (exact) mass is 379 g/mol. The fraction of sp³-hybridized carbons (Fsp3) is 0.684. The molecule has 27 heavy (non-hydrogen) atoms. The minimum Gasteiger partial charge on any atom is -0.481 e. The lowest BCUT2D eigenvalue weighted by atomic mass is 10.1. The summed E-state index contributed by atoms with van der Waals surface area (Å²) >= 11 is 0. The number of aryl methyl sites for hydroxylation is 1. The van der Waals surface area contributed by atoms with E-state index in [2.05, 4.69) is 26.9 Å². The molecule has 5 N–H and O–H groups in total. The van der Waals surface area contributed by atoms with Crippen molar-refractivity contribution in [3.05, 3.63) is 16.2 Å². The Labute approximate surface area is 160 Å². The quantitative estimate of drug-likeness (QED) is 0.438. The van der Waals surface area contributed by atoms with E-state index in [0.29, 0.717) is 11.2 Å². The van der Waals surface area contributed by atoms with Gasteiger partial charge in [-0.3, -0.25) is 14.6 Å². The van der Waals surface area contributed by atoms with Gasteiger partial charge in [-0.05, 0) is 6.42 Å². The van der Waals surface area contributed by atoms with E-state index < -0.39 is 5.97 Å². The highest BCUT2D eigenvalue weighted by Crippen LogP contribution is 2.12. The number of anilines is 1. The molecular formula is C19H33N5O3. The molecule has 8 nitrogen and oxygen atoms in total. The van der Waals surface area contributed by atoms with Crippen molar-refractivity contribution in [2.24, 2.45) is 0 Å². The van der Waals surface area contributed by atoms with Gasteiger partial charge in [-0.25, -0.2) is 4.98 Å². The molecule has 0 fully saturated rings. The number of carboxylic acids is 1. The van der Waals surface area contributed by atoms with Crippen molar-refractivity contribution in [2.75, 3.05) is 5.73 Å². The second kappa shape index (κ2) is 12.9. The van der Waals surface area contributed by atoms with Crippen LogP contribution in [-0.4, -0.2) is 31.0 Å². The Kier molecular flexibility index (Phi) is 10.8. The third-order valence-corrected chi connectivity index (χ3v) is 4.20. The summed E-state index contributed by atoms with van der Waals surface area (Å²) in [5.41, 5.74) is 6.09. The van der Waals surface area contributed by atoms with Crippen LogP contribution in [0.3, 0.4) is 0 Å². The molecule has 0 unspecified atom stereocenters. The smallest absolute Gasteiger partial charge is 0.300 e. The summed E-state index contributed by atoms with van der Waals surface area (Å²) in [5.74, 6) is 0.0997. The highest BCUT2D eigenvalue weighted by atomic mass is 16.4. The number of unbranched alkanes of at least 4 members (excludes halogenated alkanes) is 9. The van der Waals surface area contributed by atoms with Gasteiger partial charge in [0.1, 0.15) is 5.82 Å². The molecule has 0 saturated carbocycles. The lowest BCUT2D eigenvalue weighted by molar-refractivity contribution is -0.134. The molecule has 152 valence electrons. The molecule has 0 amide bonds. The Morgan fingerprint density at radius 2 is 1.48 bits per heavy atom. The number of imidazole rings is 1. The first-order chi connectivity index (χ1) is 12.9. The van der Waals surface area contributed by atoms with Gasteiger partial charge in [0.25, 0.3) is 11.5 Å². The number of rotatable bonds is 11. The third kappa shape index (κ3) is 9.77. The SMILES string of the molecule is CC(=O)O.CCCCCCCCCCCCc1nc2nc(N)[nH]c(=O)c2[nH]1. The molecule has 0 atom stereocenters. The summed E-state index contributed by atoms with van der Waals surface area (Å²) in [6.45, 7) is 3.34. The van der Waals surface area contributed by atoms with Crippen LogP contribution in [0, 0.1) is 0 Å². The lowest BCUT2D eigenvalue weighted by Gasteiger charge is -2.01. The first kappa shape index (κ1) is 22.7. The zero-order valence-electron chi connectivity index (χ0n) is 16.5. The summed E-state index contributed by atoms with van der Waals surface area (Å²) in [6.07, 6.45) is 13.9. The van der Waals surface area contributed by atoms with Crippen LogP contribution < -0.4 is 11.3 Å². The second-order valence-corrected chi connectivity index (χ2v) is 6.78. The molecule has 2 aromatic rings. The highest BCUT2D eigenvalue weighted by Gasteiger charge is 2.08. The van der Waals surface area contributed by atoms with Gasteiger partial charge < -0.3 is 15.8 Å². The zero-order chi connectivity index (χ0) is 20.1. The molecule has 0 aromatic carbocycles. The molecule has 0 spiro atoms. The van der Waals surface area contributed by atoms with Gasteiger partial charge in [-0.1, -0.05) is 64.7 Å². The lowest BCUT2D eigenvalue weighted by Crippen LogP contribution is -2.10. The number of carboxylic acid groups (broad SMARTS) is 1. The number of nitrogens with one attached hydrogen (secondary N) is 2. The van der Waals surface area contributed by atoms with Gasteiger partial charge in [0.2, 0.25) is 5.95 Å². The van der Waals surface area contributed by atoms with E-state index in [-0.39, 0.29) is 11.5 Å². The van der Waals surface area contributed by atoms with Crippen molar-refractivity contribution >= 4 is 23.1 Å². The van der Waals surface area contributed by atoms with Crippen molar-refractivity contribution < 1.29 is 9.90 Å². The number of aliphatic carboxylic acids is 1. The van der Waals surface area contributed by atoms with E-state index in [1.807, 2.05) is 0 Å². The molecular weight excluding hydrogens is 346 g/mol. The minimum absolute atomic E-state index is 0.111. The van der Waals surface area contributed by atoms with E-state index in [1.165, 1.54) is 57.8 Å². The Morgan fingerprint density at radius 1 is 0.963 bits per heavy atom. The molecule has 8 heteroatoms. The average Bonchev–Trinajstić information content (AvgIpc) is 2.99. The fourth-order valence-electron chi connectivity index (χ4n) is 2.87. The standard InChI is InChI=1S/C17H29N5O.C2H4O2/c1-2-3-4-5-6-7-8-9-10-11-12-13-19-14-15(20-13)21-17(18)22-16(14)23;1-2(3)4/h2-12H2,1H3,(H4,18,19,20,21,22,23);1H3,(H,3,4). The molecule has 0 bridgehead atoms. The number of fused-ring (bicyclic) bond motifs is 1. The topological polar surface area (TPSA) is 138 Å². The van der Waals surface area contributed by atoms with Gasteiger partial charge in [-0.2, -0.15) is 4.98 Å². The summed E-state index contributed by atoms with van der Waals surface area (Å²) in [4.78, 5) is 34.6. The summed E-state index contributed by atoms with van der Waals surface area (Å²) in [5, 5.41) is 7.42. The van der Waals surface area contributed by atoms with Crippen LogP contribution in [0.4, 0.5) is 5.95 Å². The molecule has 0 saturated heterocycles. The average molecular weight is 380 g/mol. The second-order valence-electron chi connectivity index (χ2n) is 6.78. The van der Waals surface area contributed by atoms with Crippen molar-refractivity contribution in [2.45, 2.75) is 84.5 Å². The summed E-state index contributed by atoms with van der Waals surface area (Å²) in [6, 6.07) is 0. The van der Waals surface area contributed by atoms with E-state index >= 15 is 0 Å². The van der Waals surface area contributed by atoms with Gasteiger partial charge >= 0.3 is 0 Å². The number of nitrogens with zero attached hydrogens (tertiary/aromatic N) is 2. The van der Waals surface area contributed by atoms with Crippen molar-refractivity contribution in [3.8, 4) is 0 Å². The summed E-state index contributed by atoms with van der Waals surface area (Å²) in [7, 11) is 0. The number of H-pyrrole nitrogens is 2. The van der Waals surface area contributed by atoms with E-state index in [1.54, 1.807) is 0 Å². The largest absolute Gasteiger partial charge is 0.481 e. The number of nitrogen functional groups attached to an aromatic ring is 1. The maximum atomic E-state index is 11.7. The van der Waals surface area contributed by atoms with E-state index in [4.69, 9.17) is 15.6 Å². The predicted molar refractivity (Wildman–Crippen MR) is 108 cm³/mol. The minimum atomic E-state index is -0.833. The molecule has 0 radical (unpaired) electrons. The zero-order valence-corrected chi connectivity index (χ0v) is 16.5. The Balaban J connectivity index is 0.000000828. The third-order valence-electron chi connectivity index (χ3n) is 4.20. The van der Waals surface area contributed by atoms with Crippen LogP contribution in [0.25, 0.3) is 11.2 Å². The van der Waals surface area contributed by atoms with Crippen LogP contribution >= 0.6 is 0 Å². The first-order valence-electron chi connectivity index (χ1n) is 9.88. The Bertz CT molecular complexity index is 735. The maximum absolute atomic E-state index is 11.7. The van der Waals surface area contributed by atoms with E-state index in [9.17, 15) is 4.79 Å². The van der Waals surface area contributed by atoms with Gasteiger partial charge in [-0.15, -0.1) is 0 Å². The number of aromatic nitrogens is 4. The van der Waals surface area contributed by atoms with Crippen LogP contribution in [0.15, 0.2) is 4.79 Å². The Morgan fingerprint density at radius 3 is 2.04 bits per heavy atom. The number of hydrogen-bond donors (Lipinski definition) is 4. The van der Waals surface area contributed by atoms with Crippen molar-refractivity contribution in [3.63, 3.8) is 0 Å². The van der Waals surface area contributed by atoms with Gasteiger partial charge in [0, 0.05) is 13.3 Å². The van der Waals surface area contributed by atoms with Crippen LogP contribution in [0.5, 0.6) is 0 Å².